The summed E-state index contributed by atoms with van der Waals surface area (Å²) in [5.41, 5.74) is 0.959. The average Bonchev–Trinajstić information content (AvgIpc) is 2.76. The molecule has 1 unspecified atom stereocenters. The highest BCUT2D eigenvalue weighted by molar-refractivity contribution is 5.01. The molecule has 0 fully saturated rings. The summed E-state index contributed by atoms with van der Waals surface area (Å²) in [4.78, 5) is 0. The molecule has 1 heterocycles. The van der Waals surface area contributed by atoms with Gasteiger partial charge < -0.3 is 9.84 Å². The monoisotopic (exact) mass is 240 g/mol. The Labute approximate surface area is 104 Å². The van der Waals surface area contributed by atoms with Crippen LogP contribution >= 0.6 is 0 Å². The molecule has 0 amide bonds. The Kier molecular flexibility index (Phi) is 6.22. The lowest BCUT2D eigenvalue weighted by molar-refractivity contribution is 0.109. The lowest BCUT2D eigenvalue weighted by Gasteiger charge is -2.12. The van der Waals surface area contributed by atoms with Crippen molar-refractivity contribution in [3.63, 3.8) is 0 Å². The maximum atomic E-state index is 9.77. The first kappa shape index (κ1) is 14.2. The van der Waals surface area contributed by atoms with Crippen molar-refractivity contribution >= 4 is 0 Å². The van der Waals surface area contributed by atoms with E-state index in [1.165, 1.54) is 0 Å². The summed E-state index contributed by atoms with van der Waals surface area (Å²) in [5.74, 6) is 0. The molecule has 0 saturated heterocycles. The number of aliphatic hydroxyl groups excluding tert-OH is 1. The first-order valence-electron chi connectivity index (χ1n) is 6.42. The maximum Gasteiger partial charge on any atom is 0.0650 e. The number of aromatic nitrogens is 2. The minimum Gasteiger partial charge on any atom is -0.393 e. The third-order valence-corrected chi connectivity index (χ3v) is 3.08. The van der Waals surface area contributed by atoms with E-state index in [2.05, 4.69) is 18.9 Å². The van der Waals surface area contributed by atoms with E-state index in [1.54, 1.807) is 7.11 Å². The quantitative estimate of drug-likeness (QED) is 0.757. The molecule has 4 nitrogen and oxygen atoms in total. The molecular weight excluding hydrogens is 216 g/mol. The van der Waals surface area contributed by atoms with Crippen LogP contribution in [0.5, 0.6) is 0 Å². The topological polar surface area (TPSA) is 47.3 Å². The van der Waals surface area contributed by atoms with Gasteiger partial charge in [-0.3, -0.25) is 4.68 Å². The highest BCUT2D eigenvalue weighted by Gasteiger charge is 2.11. The smallest absolute Gasteiger partial charge is 0.0650 e. The highest BCUT2D eigenvalue weighted by Crippen LogP contribution is 2.15. The zero-order valence-electron chi connectivity index (χ0n) is 11.1. The van der Waals surface area contributed by atoms with Crippen molar-refractivity contribution < 1.29 is 9.84 Å². The Morgan fingerprint density at radius 3 is 2.71 bits per heavy atom. The fourth-order valence-electron chi connectivity index (χ4n) is 1.95. The van der Waals surface area contributed by atoms with Gasteiger partial charge in [0.05, 0.1) is 17.8 Å². The van der Waals surface area contributed by atoms with Gasteiger partial charge in [-0.05, 0) is 25.3 Å². The molecule has 0 spiro atoms. The second kappa shape index (κ2) is 7.45. The van der Waals surface area contributed by atoms with E-state index >= 15 is 0 Å². The predicted molar refractivity (Wildman–Crippen MR) is 68.0 cm³/mol. The third-order valence-electron chi connectivity index (χ3n) is 3.08. The van der Waals surface area contributed by atoms with E-state index in [0.717, 1.165) is 18.5 Å². The van der Waals surface area contributed by atoms with Gasteiger partial charge in [-0.2, -0.15) is 5.10 Å². The summed E-state index contributed by atoms with van der Waals surface area (Å²) in [7, 11) is 1.65. The SMILES string of the molecule is CCC(CC)n1ccc(CC(O)CCOC)n1. The van der Waals surface area contributed by atoms with Crippen molar-refractivity contribution in [2.24, 2.45) is 0 Å². The molecule has 1 N–H and O–H groups in total. The molecule has 17 heavy (non-hydrogen) atoms. The van der Waals surface area contributed by atoms with Crippen LogP contribution in [0.25, 0.3) is 0 Å². The average molecular weight is 240 g/mol. The maximum absolute atomic E-state index is 9.77. The van der Waals surface area contributed by atoms with Crippen molar-refractivity contribution in [1.29, 1.82) is 0 Å². The Hall–Kier alpha value is -0.870. The van der Waals surface area contributed by atoms with E-state index < -0.39 is 0 Å². The van der Waals surface area contributed by atoms with Gasteiger partial charge in [-0.1, -0.05) is 13.8 Å². The Morgan fingerprint density at radius 2 is 2.12 bits per heavy atom. The van der Waals surface area contributed by atoms with E-state index in [-0.39, 0.29) is 6.10 Å². The molecule has 0 aliphatic heterocycles. The van der Waals surface area contributed by atoms with Crippen molar-refractivity contribution in [3.05, 3.63) is 18.0 Å². The van der Waals surface area contributed by atoms with Gasteiger partial charge in [0, 0.05) is 26.3 Å². The fourth-order valence-corrected chi connectivity index (χ4v) is 1.95. The molecule has 0 aliphatic rings. The molecule has 1 aromatic heterocycles. The van der Waals surface area contributed by atoms with Gasteiger partial charge in [-0.25, -0.2) is 0 Å². The summed E-state index contributed by atoms with van der Waals surface area (Å²) in [6.07, 6.45) is 5.09. The first-order chi connectivity index (χ1) is 8.21. The molecule has 98 valence electrons. The minimum atomic E-state index is -0.361. The van der Waals surface area contributed by atoms with Crippen molar-refractivity contribution in [3.8, 4) is 0 Å². The lowest BCUT2D eigenvalue weighted by Crippen LogP contribution is -2.14. The molecule has 0 aromatic carbocycles. The van der Waals surface area contributed by atoms with Crippen LogP contribution in [0.2, 0.25) is 0 Å². The Bertz CT molecular complexity index is 308. The summed E-state index contributed by atoms with van der Waals surface area (Å²) in [5, 5.41) is 14.3. The molecule has 1 aromatic rings. The Morgan fingerprint density at radius 1 is 1.41 bits per heavy atom. The van der Waals surface area contributed by atoms with Gasteiger partial charge in [0.15, 0.2) is 0 Å². The van der Waals surface area contributed by atoms with Crippen LogP contribution in [0.3, 0.4) is 0 Å². The number of hydrogen-bond acceptors (Lipinski definition) is 3. The molecule has 0 saturated carbocycles. The predicted octanol–water partition coefficient (Wildman–Crippen LogP) is 2.18. The van der Waals surface area contributed by atoms with Crippen molar-refractivity contribution in [1.82, 2.24) is 9.78 Å². The second-order valence-corrected chi connectivity index (χ2v) is 4.40. The first-order valence-corrected chi connectivity index (χ1v) is 6.42. The number of nitrogens with zero attached hydrogens (tertiary/aromatic N) is 2. The zero-order chi connectivity index (χ0) is 12.7. The molecule has 0 aliphatic carbocycles. The number of methoxy groups -OCH3 is 1. The van der Waals surface area contributed by atoms with Gasteiger partial charge >= 0.3 is 0 Å². The molecule has 0 radical (unpaired) electrons. The van der Waals surface area contributed by atoms with E-state index in [4.69, 9.17) is 4.74 Å². The number of ether oxygens (including phenoxy) is 1. The van der Waals surface area contributed by atoms with Gasteiger partial charge in [0.25, 0.3) is 0 Å². The van der Waals surface area contributed by atoms with Crippen LogP contribution in [-0.4, -0.2) is 34.7 Å². The number of hydrogen-bond donors (Lipinski definition) is 1. The normalized spacial score (nSPS) is 13.2. The van der Waals surface area contributed by atoms with Crippen LogP contribution < -0.4 is 0 Å². The molecule has 1 atom stereocenters. The van der Waals surface area contributed by atoms with Gasteiger partial charge in [0.1, 0.15) is 0 Å². The molecule has 1 rings (SSSR count). The largest absolute Gasteiger partial charge is 0.393 e. The van der Waals surface area contributed by atoms with Gasteiger partial charge in [-0.15, -0.1) is 0 Å². The second-order valence-electron chi connectivity index (χ2n) is 4.40. The number of rotatable bonds is 8. The van der Waals surface area contributed by atoms with Crippen molar-refractivity contribution in [2.75, 3.05) is 13.7 Å². The van der Waals surface area contributed by atoms with Crippen molar-refractivity contribution in [2.45, 2.75) is 51.7 Å². The van der Waals surface area contributed by atoms with Crippen LogP contribution in [-0.2, 0) is 11.2 Å². The summed E-state index contributed by atoms with van der Waals surface area (Å²) in [6.45, 7) is 4.93. The third kappa shape index (κ3) is 4.48. The summed E-state index contributed by atoms with van der Waals surface area (Å²) >= 11 is 0. The van der Waals surface area contributed by atoms with E-state index in [1.807, 2.05) is 16.9 Å². The molecule has 4 heteroatoms. The van der Waals surface area contributed by atoms with Crippen LogP contribution in [0, 0.1) is 0 Å². The van der Waals surface area contributed by atoms with Gasteiger partial charge in [0.2, 0.25) is 0 Å². The number of aliphatic hydroxyl groups is 1. The molecular formula is C13H24N2O2. The Balaban J connectivity index is 2.50. The highest BCUT2D eigenvalue weighted by atomic mass is 16.5. The minimum absolute atomic E-state index is 0.361. The fraction of sp³-hybridized carbons (Fsp3) is 0.769. The van der Waals surface area contributed by atoms with Crippen LogP contribution in [0.4, 0.5) is 0 Å². The summed E-state index contributed by atoms with van der Waals surface area (Å²) in [6, 6.07) is 2.47. The lowest BCUT2D eigenvalue weighted by atomic mass is 10.1. The standard InChI is InChI=1S/C13H24N2O2/c1-4-12(5-2)15-8-6-11(14-15)10-13(16)7-9-17-3/h6,8,12-13,16H,4-5,7,9-10H2,1-3H3. The van der Waals surface area contributed by atoms with Crippen LogP contribution in [0.1, 0.15) is 44.8 Å². The zero-order valence-corrected chi connectivity index (χ0v) is 11.1. The van der Waals surface area contributed by atoms with Crippen LogP contribution in [0.15, 0.2) is 12.3 Å². The van der Waals surface area contributed by atoms with E-state index in [9.17, 15) is 5.11 Å². The molecule has 0 bridgehead atoms. The summed E-state index contributed by atoms with van der Waals surface area (Å²) < 4.78 is 6.96. The van der Waals surface area contributed by atoms with E-state index in [0.29, 0.717) is 25.5 Å².